The number of nitrogens with one attached hydrogen (secondary N) is 2. The van der Waals surface area contributed by atoms with Crippen LogP contribution < -0.4 is 10.6 Å². The average molecular weight is 323 g/mol. The first kappa shape index (κ1) is 17.3. The van der Waals surface area contributed by atoms with E-state index in [2.05, 4.69) is 41.4 Å². The van der Waals surface area contributed by atoms with Crippen LogP contribution in [0.4, 0.5) is 0 Å². The number of aryl methyl sites for hydroxylation is 2. The van der Waals surface area contributed by atoms with Crippen LogP contribution in [0.1, 0.15) is 54.6 Å². The summed E-state index contributed by atoms with van der Waals surface area (Å²) in [5.41, 5.74) is 1.66. The SMILES string of the molecule is CCC1(CNC(=NC)NCCc2sc(C)nc2C)CCCC1. The highest BCUT2D eigenvalue weighted by Crippen LogP contribution is 2.40. The van der Waals surface area contributed by atoms with E-state index in [1.165, 1.54) is 42.7 Å². The minimum Gasteiger partial charge on any atom is -0.356 e. The molecule has 1 fully saturated rings. The van der Waals surface area contributed by atoms with Crippen molar-refractivity contribution in [1.29, 1.82) is 0 Å². The van der Waals surface area contributed by atoms with E-state index in [1.54, 1.807) is 11.3 Å². The van der Waals surface area contributed by atoms with Crippen LogP contribution in [0.25, 0.3) is 0 Å². The first-order valence-corrected chi connectivity index (χ1v) is 9.27. The smallest absolute Gasteiger partial charge is 0.191 e. The van der Waals surface area contributed by atoms with E-state index in [4.69, 9.17) is 0 Å². The number of aliphatic imine (C=N–C) groups is 1. The predicted molar refractivity (Wildman–Crippen MR) is 95.8 cm³/mol. The first-order valence-electron chi connectivity index (χ1n) is 8.46. The fourth-order valence-corrected chi connectivity index (χ4v) is 4.31. The number of rotatable bonds is 6. The van der Waals surface area contributed by atoms with E-state index in [-0.39, 0.29) is 0 Å². The van der Waals surface area contributed by atoms with Crippen molar-refractivity contribution in [3.63, 3.8) is 0 Å². The summed E-state index contributed by atoms with van der Waals surface area (Å²) in [6.07, 6.45) is 7.74. The Morgan fingerprint density at radius 2 is 2.00 bits per heavy atom. The Labute approximate surface area is 138 Å². The van der Waals surface area contributed by atoms with Crippen molar-refractivity contribution in [2.45, 2.75) is 59.3 Å². The zero-order valence-corrected chi connectivity index (χ0v) is 15.3. The maximum atomic E-state index is 4.48. The molecule has 2 rings (SSSR count). The second-order valence-electron chi connectivity index (χ2n) is 6.40. The Morgan fingerprint density at radius 3 is 2.55 bits per heavy atom. The van der Waals surface area contributed by atoms with E-state index in [9.17, 15) is 0 Å². The summed E-state index contributed by atoms with van der Waals surface area (Å²) < 4.78 is 0. The van der Waals surface area contributed by atoms with Crippen LogP contribution in [0.5, 0.6) is 0 Å². The lowest BCUT2D eigenvalue weighted by molar-refractivity contribution is 0.283. The molecule has 0 bridgehead atoms. The van der Waals surface area contributed by atoms with Crippen molar-refractivity contribution in [3.8, 4) is 0 Å². The molecule has 0 aliphatic heterocycles. The zero-order valence-electron chi connectivity index (χ0n) is 14.5. The van der Waals surface area contributed by atoms with Gasteiger partial charge in [0.05, 0.1) is 10.7 Å². The number of nitrogens with zero attached hydrogens (tertiary/aromatic N) is 2. The minimum absolute atomic E-state index is 0.489. The van der Waals surface area contributed by atoms with E-state index < -0.39 is 0 Å². The van der Waals surface area contributed by atoms with Crippen molar-refractivity contribution in [2.75, 3.05) is 20.1 Å². The van der Waals surface area contributed by atoms with Crippen LogP contribution >= 0.6 is 11.3 Å². The molecule has 1 aromatic heterocycles. The molecule has 0 radical (unpaired) electrons. The van der Waals surface area contributed by atoms with Crippen molar-refractivity contribution in [1.82, 2.24) is 15.6 Å². The van der Waals surface area contributed by atoms with Crippen molar-refractivity contribution >= 4 is 17.3 Å². The van der Waals surface area contributed by atoms with Gasteiger partial charge in [-0.1, -0.05) is 19.8 Å². The lowest BCUT2D eigenvalue weighted by Gasteiger charge is -2.28. The molecule has 0 amide bonds. The highest BCUT2D eigenvalue weighted by atomic mass is 32.1. The minimum atomic E-state index is 0.489. The standard InChI is InChI=1S/C17H30N4S/c1-5-17(9-6-7-10-17)12-20-16(18-4)19-11-8-15-13(2)21-14(3)22-15/h5-12H2,1-4H3,(H2,18,19,20). The number of hydrogen-bond acceptors (Lipinski definition) is 3. The van der Waals surface area contributed by atoms with Crippen LogP contribution in [0.2, 0.25) is 0 Å². The fourth-order valence-electron chi connectivity index (χ4n) is 3.37. The van der Waals surface area contributed by atoms with Gasteiger partial charge in [-0.2, -0.15) is 0 Å². The Kier molecular flexibility index (Phi) is 6.24. The monoisotopic (exact) mass is 322 g/mol. The largest absolute Gasteiger partial charge is 0.356 e. The summed E-state index contributed by atoms with van der Waals surface area (Å²) >= 11 is 1.80. The van der Waals surface area contributed by atoms with Gasteiger partial charge in [-0.05, 0) is 38.5 Å². The van der Waals surface area contributed by atoms with E-state index in [0.29, 0.717) is 5.41 Å². The molecule has 22 heavy (non-hydrogen) atoms. The van der Waals surface area contributed by atoms with Gasteiger partial charge in [-0.25, -0.2) is 4.98 Å². The molecule has 1 heterocycles. The van der Waals surface area contributed by atoms with Crippen LogP contribution in [-0.4, -0.2) is 31.1 Å². The maximum absolute atomic E-state index is 4.48. The number of thiazole rings is 1. The van der Waals surface area contributed by atoms with Gasteiger partial charge in [-0.15, -0.1) is 11.3 Å². The quantitative estimate of drug-likeness (QED) is 0.623. The molecule has 1 aliphatic carbocycles. The second-order valence-corrected chi connectivity index (χ2v) is 7.69. The number of hydrogen-bond donors (Lipinski definition) is 2. The molecule has 1 aromatic rings. The Hall–Kier alpha value is -1.10. The van der Waals surface area contributed by atoms with Crippen molar-refractivity contribution in [2.24, 2.45) is 10.4 Å². The van der Waals surface area contributed by atoms with E-state index >= 15 is 0 Å². The summed E-state index contributed by atoms with van der Waals surface area (Å²) in [6, 6.07) is 0. The van der Waals surface area contributed by atoms with E-state index in [0.717, 1.165) is 30.5 Å². The van der Waals surface area contributed by atoms with Crippen LogP contribution in [0.3, 0.4) is 0 Å². The molecule has 124 valence electrons. The molecule has 0 saturated heterocycles. The van der Waals surface area contributed by atoms with E-state index in [1.807, 2.05) is 7.05 Å². The van der Waals surface area contributed by atoms with Gasteiger partial charge >= 0.3 is 0 Å². The summed E-state index contributed by atoms with van der Waals surface area (Å²) in [5.74, 6) is 0.929. The molecule has 4 nitrogen and oxygen atoms in total. The normalized spacial score (nSPS) is 17.7. The number of guanidine groups is 1. The highest BCUT2D eigenvalue weighted by Gasteiger charge is 2.31. The molecule has 1 aliphatic rings. The summed E-state index contributed by atoms with van der Waals surface area (Å²) in [4.78, 5) is 10.2. The lowest BCUT2D eigenvalue weighted by Crippen LogP contribution is -2.43. The van der Waals surface area contributed by atoms with Crippen LogP contribution in [-0.2, 0) is 6.42 Å². The van der Waals surface area contributed by atoms with Gasteiger partial charge in [0, 0.05) is 31.4 Å². The van der Waals surface area contributed by atoms with Crippen molar-refractivity contribution in [3.05, 3.63) is 15.6 Å². The molecule has 1 saturated carbocycles. The van der Waals surface area contributed by atoms with Gasteiger partial charge in [0.15, 0.2) is 5.96 Å². The van der Waals surface area contributed by atoms with Gasteiger partial charge in [0.25, 0.3) is 0 Å². The van der Waals surface area contributed by atoms with Crippen molar-refractivity contribution < 1.29 is 0 Å². The molecule has 0 spiro atoms. The number of aromatic nitrogens is 1. The third-order valence-electron chi connectivity index (χ3n) is 4.91. The topological polar surface area (TPSA) is 49.3 Å². The predicted octanol–water partition coefficient (Wildman–Crippen LogP) is 3.44. The van der Waals surface area contributed by atoms with Gasteiger partial charge < -0.3 is 10.6 Å². The van der Waals surface area contributed by atoms with Crippen LogP contribution in [0, 0.1) is 19.3 Å². The average Bonchev–Trinajstić information content (AvgIpc) is 3.10. The summed E-state index contributed by atoms with van der Waals surface area (Å²) in [6.45, 7) is 8.43. The van der Waals surface area contributed by atoms with Gasteiger partial charge in [0.1, 0.15) is 0 Å². The summed E-state index contributed by atoms with van der Waals surface area (Å²) in [5, 5.41) is 8.13. The molecule has 0 atom stereocenters. The molecule has 0 unspecified atom stereocenters. The third-order valence-corrected chi connectivity index (χ3v) is 6.05. The Balaban J connectivity index is 1.77. The van der Waals surface area contributed by atoms with Gasteiger partial charge in [-0.3, -0.25) is 4.99 Å². The fraction of sp³-hybridized carbons (Fsp3) is 0.765. The Bertz CT molecular complexity index is 501. The summed E-state index contributed by atoms with van der Waals surface area (Å²) in [7, 11) is 1.85. The molecular formula is C17H30N4S. The molecule has 0 aromatic carbocycles. The first-order chi connectivity index (χ1) is 10.6. The lowest BCUT2D eigenvalue weighted by atomic mass is 9.83. The maximum Gasteiger partial charge on any atom is 0.191 e. The zero-order chi connectivity index (χ0) is 16.0. The molecule has 5 heteroatoms. The third kappa shape index (κ3) is 4.45. The highest BCUT2D eigenvalue weighted by molar-refractivity contribution is 7.11. The van der Waals surface area contributed by atoms with Gasteiger partial charge in [0.2, 0.25) is 0 Å². The Morgan fingerprint density at radius 1 is 1.27 bits per heavy atom. The second kappa shape index (κ2) is 7.95. The van der Waals surface area contributed by atoms with Crippen LogP contribution in [0.15, 0.2) is 4.99 Å². The molecule has 2 N–H and O–H groups in total. The molecular weight excluding hydrogens is 292 g/mol.